The molecule has 0 amide bonds. The van der Waals surface area contributed by atoms with Gasteiger partial charge in [0.1, 0.15) is 0 Å². The van der Waals surface area contributed by atoms with Gasteiger partial charge in [-0.3, -0.25) is 0 Å². The van der Waals surface area contributed by atoms with E-state index in [1.54, 1.807) is 0 Å². The van der Waals surface area contributed by atoms with Gasteiger partial charge in [-0.15, -0.1) is 0 Å². The van der Waals surface area contributed by atoms with Gasteiger partial charge in [0.25, 0.3) is 0 Å². The molecule has 125 valence electrons. The monoisotopic (exact) mass is 801 g/mol. The van der Waals surface area contributed by atoms with Crippen LogP contribution in [-0.2, 0) is 9.84 Å². The number of alkyl halides is 4. The maximum atomic E-state index is 13.5. The molecular formula is C16H14I4NaO2S. The molecule has 24 heavy (non-hydrogen) atoms. The van der Waals surface area contributed by atoms with Crippen LogP contribution in [0.2, 0.25) is 0 Å². The number of rotatable bonds is 4. The third kappa shape index (κ3) is 5.22. The quantitative estimate of drug-likeness (QED) is 0.202. The van der Waals surface area contributed by atoms with Crippen molar-refractivity contribution in [2.45, 2.75) is 27.5 Å². The summed E-state index contributed by atoms with van der Waals surface area (Å²) in [7, 11) is -3.57. The summed E-state index contributed by atoms with van der Waals surface area (Å²) in [6, 6.07) is 11.4. The van der Waals surface area contributed by atoms with Crippen LogP contribution in [0.25, 0.3) is 0 Å². The number of sulfone groups is 1. The molecule has 0 aromatic heterocycles. The molecule has 0 spiro atoms. The summed E-state index contributed by atoms with van der Waals surface area (Å²) in [5, 5.41) is 0. The van der Waals surface area contributed by atoms with Gasteiger partial charge in [0.2, 0.25) is 9.84 Å². The van der Waals surface area contributed by atoms with Crippen LogP contribution in [0.1, 0.15) is 26.1 Å². The van der Waals surface area contributed by atoms with E-state index < -0.39 is 9.84 Å². The van der Waals surface area contributed by atoms with E-state index in [9.17, 15) is 8.42 Å². The molecule has 2 aromatic carbocycles. The first kappa shape index (κ1) is 24.3. The molecule has 8 heteroatoms. The van der Waals surface area contributed by atoms with Crippen molar-refractivity contribution in [2.24, 2.45) is 0 Å². The number of benzene rings is 2. The first-order chi connectivity index (χ1) is 10.7. The standard InChI is InChI=1S/C16H14I4O2S.Na/c1-9-5-3-7-11(15(17)18)13(9)23(21,22)14-10(2)6-4-8-12(14)16(19)20;/h3-8,15-16H,1-2H3;. The molecule has 0 saturated carbocycles. The van der Waals surface area contributed by atoms with Gasteiger partial charge in [-0.1, -0.05) is 127 Å². The smallest absolute Gasteiger partial charge is 0.207 e. The van der Waals surface area contributed by atoms with Gasteiger partial charge in [-0.25, -0.2) is 8.42 Å². The Kier molecular flexibility index (Phi) is 10.3. The molecule has 0 fully saturated rings. The fourth-order valence-corrected chi connectivity index (χ4v) is 7.63. The molecule has 0 saturated heterocycles. The van der Waals surface area contributed by atoms with Crippen molar-refractivity contribution in [3.8, 4) is 0 Å². The maximum absolute atomic E-state index is 13.5. The zero-order valence-electron chi connectivity index (χ0n) is 13.4. The van der Waals surface area contributed by atoms with Gasteiger partial charge >= 0.3 is 0 Å². The molecule has 0 heterocycles. The third-order valence-corrected chi connectivity index (χ3v) is 8.37. The topological polar surface area (TPSA) is 34.1 Å². The third-order valence-electron chi connectivity index (χ3n) is 3.49. The van der Waals surface area contributed by atoms with E-state index in [4.69, 9.17) is 0 Å². The average Bonchev–Trinajstić information content (AvgIpc) is 2.45. The summed E-state index contributed by atoms with van der Waals surface area (Å²) in [6.45, 7) is 3.74. The molecule has 2 rings (SSSR count). The Morgan fingerprint density at radius 3 is 1.38 bits per heavy atom. The maximum Gasteiger partial charge on any atom is 0.207 e. The SMILES string of the molecule is Cc1cccc(C(I)I)c1S(=O)(=O)c1c(C)cccc1C(I)I.[Na]. The number of hydrogen-bond donors (Lipinski definition) is 0. The molecule has 0 aliphatic heterocycles. The van der Waals surface area contributed by atoms with E-state index in [1.165, 1.54) is 0 Å². The van der Waals surface area contributed by atoms with Crippen molar-refractivity contribution in [3.05, 3.63) is 58.7 Å². The minimum atomic E-state index is -3.57. The number of aryl methyl sites for hydroxylation is 2. The summed E-state index contributed by atoms with van der Waals surface area (Å²) in [5.74, 6) is 0. The first-order valence-corrected chi connectivity index (χ1v) is 13.1. The predicted octanol–water partition coefficient (Wildman–Crippen LogP) is 6.49. The molecule has 1 radical (unpaired) electrons. The van der Waals surface area contributed by atoms with E-state index in [0.717, 1.165) is 22.3 Å². The van der Waals surface area contributed by atoms with Crippen LogP contribution in [0.4, 0.5) is 0 Å². The van der Waals surface area contributed by atoms with E-state index in [2.05, 4.69) is 90.4 Å². The molecule has 2 aromatic rings. The zero-order chi connectivity index (χ0) is 17.4. The fourth-order valence-electron chi connectivity index (χ4n) is 2.53. The number of halogens is 4. The summed E-state index contributed by atoms with van der Waals surface area (Å²) in [4.78, 5) is 0.913. The molecule has 0 bridgehead atoms. The Balaban J connectivity index is 0.00000288. The van der Waals surface area contributed by atoms with E-state index in [1.807, 2.05) is 50.2 Å². The van der Waals surface area contributed by atoms with Crippen molar-refractivity contribution in [1.29, 1.82) is 0 Å². The summed E-state index contributed by atoms with van der Waals surface area (Å²) >= 11 is 9.04. The van der Waals surface area contributed by atoms with Crippen LogP contribution >= 0.6 is 90.4 Å². The minimum absolute atomic E-state index is 0. The van der Waals surface area contributed by atoms with Crippen molar-refractivity contribution in [1.82, 2.24) is 0 Å². The van der Waals surface area contributed by atoms with Gasteiger partial charge in [0.05, 0.1) is 13.7 Å². The van der Waals surface area contributed by atoms with Gasteiger partial charge in [-0.05, 0) is 36.1 Å². The van der Waals surface area contributed by atoms with Gasteiger partial charge in [-0.2, -0.15) is 0 Å². The molecule has 0 N–H and O–H groups in total. The van der Waals surface area contributed by atoms with Crippen molar-refractivity contribution >= 4 is 130 Å². The van der Waals surface area contributed by atoms with Crippen LogP contribution in [0, 0.1) is 13.8 Å². The zero-order valence-corrected chi connectivity index (χ0v) is 24.8. The van der Waals surface area contributed by atoms with E-state index in [0.29, 0.717) is 9.79 Å². The van der Waals surface area contributed by atoms with Crippen molar-refractivity contribution in [3.63, 3.8) is 0 Å². The van der Waals surface area contributed by atoms with E-state index in [-0.39, 0.29) is 33.4 Å². The molecule has 0 aliphatic rings. The second-order valence-corrected chi connectivity index (χ2v) is 16.7. The van der Waals surface area contributed by atoms with Crippen LogP contribution in [0.15, 0.2) is 46.2 Å². The number of hydrogen-bond acceptors (Lipinski definition) is 2. The van der Waals surface area contributed by atoms with Crippen LogP contribution in [0.5, 0.6) is 0 Å². The molecule has 2 nitrogen and oxygen atoms in total. The van der Waals surface area contributed by atoms with Gasteiger partial charge in [0, 0.05) is 29.6 Å². The Morgan fingerprint density at radius 2 is 1.08 bits per heavy atom. The Hall–Kier alpha value is 2.31. The molecule has 0 aliphatic carbocycles. The van der Waals surface area contributed by atoms with Gasteiger partial charge < -0.3 is 0 Å². The van der Waals surface area contributed by atoms with Crippen molar-refractivity contribution in [2.75, 3.05) is 0 Å². The Morgan fingerprint density at radius 1 is 0.750 bits per heavy atom. The van der Waals surface area contributed by atoms with Gasteiger partial charge in [0.15, 0.2) is 0 Å². The summed E-state index contributed by atoms with van der Waals surface area (Å²) in [6.07, 6.45) is 0. The summed E-state index contributed by atoms with van der Waals surface area (Å²) < 4.78 is 27.2. The van der Waals surface area contributed by atoms with Crippen LogP contribution < -0.4 is 0 Å². The average molecular weight is 801 g/mol. The van der Waals surface area contributed by atoms with Crippen LogP contribution in [0.3, 0.4) is 0 Å². The molecule has 0 unspecified atom stereocenters. The first-order valence-electron chi connectivity index (χ1n) is 6.68. The normalized spacial score (nSPS) is 11.7. The fraction of sp³-hybridized carbons (Fsp3) is 0.250. The van der Waals surface area contributed by atoms with Crippen LogP contribution in [-0.4, -0.2) is 38.0 Å². The van der Waals surface area contributed by atoms with Crippen molar-refractivity contribution < 1.29 is 8.42 Å². The summed E-state index contributed by atoms with van der Waals surface area (Å²) in [5.41, 5.74) is 3.32. The largest absolute Gasteiger partial charge is 0.218 e. The van der Waals surface area contributed by atoms with E-state index >= 15 is 0 Å². The minimum Gasteiger partial charge on any atom is -0.218 e. The predicted molar refractivity (Wildman–Crippen MR) is 135 cm³/mol. The molecule has 0 atom stereocenters. The Bertz CT molecular complexity index is 772. The second-order valence-electron chi connectivity index (χ2n) is 5.09. The molecular weight excluding hydrogens is 787 g/mol. The Labute approximate surface area is 220 Å². The second kappa shape index (κ2) is 10.2.